The number of aliphatic carboxylic acids is 1. The molecule has 0 aliphatic heterocycles. The summed E-state index contributed by atoms with van der Waals surface area (Å²) in [6, 6.07) is 7.42. The Labute approximate surface area is 125 Å². The van der Waals surface area contributed by atoms with Crippen molar-refractivity contribution in [3.63, 3.8) is 0 Å². The predicted molar refractivity (Wildman–Crippen MR) is 84.3 cm³/mol. The molecule has 0 bridgehead atoms. The van der Waals surface area contributed by atoms with E-state index in [1.807, 2.05) is 31.2 Å². The first kappa shape index (κ1) is 17.0. The molecule has 1 amide bonds. The van der Waals surface area contributed by atoms with Gasteiger partial charge in [0.1, 0.15) is 0 Å². The van der Waals surface area contributed by atoms with E-state index in [0.29, 0.717) is 11.3 Å². The van der Waals surface area contributed by atoms with Crippen molar-refractivity contribution in [3.05, 3.63) is 41.5 Å². The predicted octanol–water partition coefficient (Wildman–Crippen LogP) is 3.91. The summed E-state index contributed by atoms with van der Waals surface area (Å²) in [7, 11) is 0. The van der Waals surface area contributed by atoms with Crippen molar-refractivity contribution in [1.82, 2.24) is 0 Å². The fourth-order valence-corrected chi connectivity index (χ4v) is 1.93. The van der Waals surface area contributed by atoms with Gasteiger partial charge in [0.15, 0.2) is 0 Å². The van der Waals surface area contributed by atoms with E-state index in [1.165, 1.54) is 0 Å². The number of allylic oxidation sites excluding steroid dienone is 1. The number of carbonyl (C=O) groups excluding carboxylic acids is 1. The molecule has 0 atom stereocenters. The number of rotatable bonds is 8. The number of aryl methyl sites for hydroxylation is 1. The van der Waals surface area contributed by atoms with Crippen molar-refractivity contribution < 1.29 is 14.7 Å². The number of anilines is 1. The number of hydrogen-bond donors (Lipinski definition) is 2. The van der Waals surface area contributed by atoms with E-state index in [1.54, 1.807) is 6.08 Å². The molecule has 1 aromatic carbocycles. The molecule has 0 saturated carbocycles. The molecule has 0 aliphatic carbocycles. The van der Waals surface area contributed by atoms with Crippen LogP contribution in [0.3, 0.4) is 0 Å². The van der Waals surface area contributed by atoms with Gasteiger partial charge >= 0.3 is 5.97 Å². The SMILES string of the molecule is CCCCC/C=C(\CC(=O)O)C(=O)Nc1ccc(C)cc1. The molecular formula is C17H23NO3. The van der Waals surface area contributed by atoms with Crippen LogP contribution in [0.15, 0.2) is 35.9 Å². The maximum absolute atomic E-state index is 12.2. The largest absolute Gasteiger partial charge is 0.481 e. The van der Waals surface area contributed by atoms with Crippen LogP contribution < -0.4 is 5.32 Å². The normalized spacial score (nSPS) is 11.2. The van der Waals surface area contributed by atoms with Crippen molar-refractivity contribution >= 4 is 17.6 Å². The average Bonchev–Trinajstić information content (AvgIpc) is 2.44. The van der Waals surface area contributed by atoms with Crippen molar-refractivity contribution in [2.45, 2.75) is 46.0 Å². The molecule has 0 aliphatic rings. The molecule has 0 saturated heterocycles. The van der Waals surface area contributed by atoms with Gasteiger partial charge in [-0.05, 0) is 31.9 Å². The van der Waals surface area contributed by atoms with E-state index < -0.39 is 5.97 Å². The summed E-state index contributed by atoms with van der Waals surface area (Å²) in [5.74, 6) is -1.33. The van der Waals surface area contributed by atoms with E-state index in [2.05, 4.69) is 12.2 Å². The van der Waals surface area contributed by atoms with Crippen LogP contribution in [-0.2, 0) is 9.59 Å². The van der Waals surface area contributed by atoms with Gasteiger partial charge in [-0.25, -0.2) is 0 Å². The molecule has 4 heteroatoms. The molecule has 0 aromatic heterocycles. The Morgan fingerprint density at radius 3 is 2.43 bits per heavy atom. The minimum atomic E-state index is -0.990. The van der Waals surface area contributed by atoms with Crippen molar-refractivity contribution in [2.75, 3.05) is 5.32 Å². The highest BCUT2D eigenvalue weighted by molar-refractivity contribution is 6.06. The van der Waals surface area contributed by atoms with Crippen LogP contribution >= 0.6 is 0 Å². The number of benzene rings is 1. The van der Waals surface area contributed by atoms with Gasteiger partial charge in [0.05, 0.1) is 6.42 Å². The number of carbonyl (C=O) groups is 2. The molecule has 21 heavy (non-hydrogen) atoms. The van der Waals surface area contributed by atoms with Gasteiger partial charge in [0.25, 0.3) is 5.91 Å². The number of hydrogen-bond acceptors (Lipinski definition) is 2. The third-order valence-electron chi connectivity index (χ3n) is 3.14. The minimum Gasteiger partial charge on any atom is -0.481 e. The Morgan fingerprint density at radius 2 is 1.86 bits per heavy atom. The lowest BCUT2D eigenvalue weighted by molar-refractivity contribution is -0.136. The molecule has 1 rings (SSSR count). The molecule has 0 spiro atoms. The second kappa shape index (κ2) is 8.95. The Kier molecular flexibility index (Phi) is 7.23. The zero-order valence-electron chi connectivity index (χ0n) is 12.7. The van der Waals surface area contributed by atoms with Gasteiger partial charge in [-0.15, -0.1) is 0 Å². The summed E-state index contributed by atoms with van der Waals surface area (Å²) in [6.07, 6.45) is 5.38. The molecule has 1 aromatic rings. The highest BCUT2D eigenvalue weighted by Crippen LogP contribution is 2.13. The lowest BCUT2D eigenvalue weighted by atomic mass is 10.1. The summed E-state index contributed by atoms with van der Waals surface area (Å²) in [6.45, 7) is 4.07. The summed E-state index contributed by atoms with van der Waals surface area (Å²) in [5.41, 5.74) is 2.10. The third-order valence-corrected chi connectivity index (χ3v) is 3.14. The minimum absolute atomic E-state index is 0.246. The fourth-order valence-electron chi connectivity index (χ4n) is 1.93. The molecule has 2 N–H and O–H groups in total. The third kappa shape index (κ3) is 6.75. The number of unbranched alkanes of at least 4 members (excludes halogenated alkanes) is 3. The first-order chi connectivity index (χ1) is 10.0. The van der Waals surface area contributed by atoms with Gasteiger partial charge in [-0.2, -0.15) is 0 Å². The monoisotopic (exact) mass is 289 g/mol. The maximum Gasteiger partial charge on any atom is 0.308 e. The molecule has 0 fully saturated rings. The zero-order valence-corrected chi connectivity index (χ0v) is 12.7. The number of carboxylic acids is 1. The van der Waals surface area contributed by atoms with Gasteiger partial charge in [0.2, 0.25) is 0 Å². The van der Waals surface area contributed by atoms with Crippen LogP contribution in [0.4, 0.5) is 5.69 Å². The van der Waals surface area contributed by atoms with Crippen LogP contribution in [0.1, 0.15) is 44.6 Å². The van der Waals surface area contributed by atoms with E-state index in [4.69, 9.17) is 5.11 Å². The molecule has 0 unspecified atom stereocenters. The van der Waals surface area contributed by atoms with Gasteiger partial charge in [-0.1, -0.05) is 43.5 Å². The molecule has 0 radical (unpaired) electrons. The molecule has 4 nitrogen and oxygen atoms in total. The number of carboxylic acid groups (broad SMARTS) is 1. The van der Waals surface area contributed by atoms with Crippen molar-refractivity contribution in [3.8, 4) is 0 Å². The van der Waals surface area contributed by atoms with Crippen molar-refractivity contribution in [1.29, 1.82) is 0 Å². The van der Waals surface area contributed by atoms with Gasteiger partial charge in [-0.3, -0.25) is 9.59 Å². The lowest BCUT2D eigenvalue weighted by Gasteiger charge is -2.08. The summed E-state index contributed by atoms with van der Waals surface area (Å²) in [4.78, 5) is 23.0. The first-order valence-electron chi connectivity index (χ1n) is 7.31. The second-order valence-electron chi connectivity index (χ2n) is 5.12. The topological polar surface area (TPSA) is 66.4 Å². The van der Waals surface area contributed by atoms with Crippen LogP contribution in [-0.4, -0.2) is 17.0 Å². The fraction of sp³-hybridized carbons (Fsp3) is 0.412. The second-order valence-corrected chi connectivity index (χ2v) is 5.12. The Hall–Kier alpha value is -2.10. The van der Waals surface area contributed by atoms with Gasteiger partial charge < -0.3 is 10.4 Å². The van der Waals surface area contributed by atoms with E-state index in [9.17, 15) is 9.59 Å². The van der Waals surface area contributed by atoms with Crippen LogP contribution in [0, 0.1) is 6.92 Å². The average molecular weight is 289 g/mol. The number of amides is 1. The standard InChI is InChI=1S/C17H23NO3/c1-3-4-5-6-7-14(12-16(19)20)17(21)18-15-10-8-13(2)9-11-15/h7-11H,3-6,12H2,1-2H3,(H,18,21)(H,19,20)/b14-7+. The Bertz CT molecular complexity index is 503. The highest BCUT2D eigenvalue weighted by atomic mass is 16.4. The first-order valence-corrected chi connectivity index (χ1v) is 7.31. The van der Waals surface area contributed by atoms with Crippen LogP contribution in [0.2, 0.25) is 0 Å². The highest BCUT2D eigenvalue weighted by Gasteiger charge is 2.13. The zero-order chi connectivity index (χ0) is 15.7. The van der Waals surface area contributed by atoms with E-state index in [0.717, 1.165) is 31.2 Å². The smallest absolute Gasteiger partial charge is 0.308 e. The number of nitrogens with one attached hydrogen (secondary N) is 1. The Balaban J connectivity index is 2.70. The van der Waals surface area contributed by atoms with Crippen molar-refractivity contribution in [2.24, 2.45) is 0 Å². The lowest BCUT2D eigenvalue weighted by Crippen LogP contribution is -2.17. The summed E-state index contributed by atoms with van der Waals surface area (Å²) >= 11 is 0. The summed E-state index contributed by atoms with van der Waals surface area (Å²) < 4.78 is 0. The maximum atomic E-state index is 12.2. The van der Waals surface area contributed by atoms with Gasteiger partial charge in [0, 0.05) is 11.3 Å². The molecule has 114 valence electrons. The molecule has 0 heterocycles. The van der Waals surface area contributed by atoms with E-state index >= 15 is 0 Å². The molecular weight excluding hydrogens is 266 g/mol. The van der Waals surface area contributed by atoms with Crippen LogP contribution in [0.25, 0.3) is 0 Å². The van der Waals surface area contributed by atoms with E-state index in [-0.39, 0.29) is 12.3 Å². The van der Waals surface area contributed by atoms with Crippen LogP contribution in [0.5, 0.6) is 0 Å². The Morgan fingerprint density at radius 1 is 1.19 bits per heavy atom. The summed E-state index contributed by atoms with van der Waals surface area (Å²) in [5, 5.41) is 11.7. The quantitative estimate of drug-likeness (QED) is 0.563.